The molecule has 41 heavy (non-hydrogen) atoms. The largest absolute Gasteiger partial charge is 0.446 e. The lowest BCUT2D eigenvalue weighted by atomic mass is 9.84. The average Bonchev–Trinajstić information content (AvgIpc) is 3.54. The number of rotatable bonds is 8. The normalized spacial score (nSPS) is 17.3. The fraction of sp³-hybridized carbons (Fsp3) is 0.412. The zero-order chi connectivity index (χ0) is 28.6. The van der Waals surface area contributed by atoms with E-state index >= 15 is 0 Å². The minimum atomic E-state index is -0.528. The molecule has 0 unspecified atom stereocenters. The predicted octanol–water partition coefficient (Wildman–Crippen LogP) is 7.68. The van der Waals surface area contributed by atoms with Crippen molar-refractivity contribution < 1.29 is 14.0 Å². The summed E-state index contributed by atoms with van der Waals surface area (Å²) in [5.41, 5.74) is 11.1. The first-order chi connectivity index (χ1) is 20.0. The van der Waals surface area contributed by atoms with Crippen molar-refractivity contribution in [2.24, 2.45) is 10.2 Å². The molecule has 7 heteroatoms. The number of benzene rings is 2. The second kappa shape index (κ2) is 13.6. The minimum Gasteiger partial charge on any atom is -0.446 e. The van der Waals surface area contributed by atoms with Crippen molar-refractivity contribution in [3.05, 3.63) is 94.4 Å². The lowest BCUT2D eigenvalue weighted by Crippen LogP contribution is -2.20. The summed E-state index contributed by atoms with van der Waals surface area (Å²) in [6, 6.07) is 19.8. The second-order valence-electron chi connectivity index (χ2n) is 11.4. The van der Waals surface area contributed by atoms with Gasteiger partial charge in [-0.1, -0.05) is 87.1 Å². The van der Waals surface area contributed by atoms with Gasteiger partial charge in [-0.25, -0.2) is 10.9 Å². The van der Waals surface area contributed by atoms with Crippen molar-refractivity contribution in [3.8, 4) is 0 Å². The third kappa shape index (κ3) is 7.40. The Kier molecular flexibility index (Phi) is 9.44. The zero-order valence-electron chi connectivity index (χ0n) is 24.1. The van der Waals surface area contributed by atoms with E-state index in [0.29, 0.717) is 23.3 Å². The first-order valence-corrected chi connectivity index (χ1v) is 15.0. The molecule has 0 aliphatic heterocycles. The van der Waals surface area contributed by atoms with E-state index in [0.717, 1.165) is 11.1 Å². The standard InChI is InChI=1S/C34H40N4O3/c1-23(25-13-17-29(18-14-25)27-9-5-3-6-10-27)35-37-33(39)31-21-22-32(41-31)34(40)38-36-24(2)26-15-19-30(20-16-26)28-11-7-4-8-12-28/h13-22,27-28H,3-12H2,1-2H3,(H,37,39)(H,38,40). The molecular formula is C34H40N4O3. The van der Waals surface area contributed by atoms with Gasteiger partial charge in [0.1, 0.15) is 0 Å². The number of amides is 2. The first kappa shape index (κ1) is 28.5. The van der Waals surface area contributed by atoms with Crippen molar-refractivity contribution in [2.75, 3.05) is 0 Å². The highest BCUT2D eigenvalue weighted by atomic mass is 16.4. The SMILES string of the molecule is CC(=NNC(=O)c1ccc(C(=O)NN=C(C)c2ccc(C3CCCCC3)cc2)o1)c1ccc(C2CCCCC2)cc1. The Hall–Kier alpha value is -4.00. The Bertz CT molecular complexity index is 1280. The van der Waals surface area contributed by atoms with Crippen LogP contribution in [0, 0.1) is 0 Å². The van der Waals surface area contributed by atoms with Gasteiger partial charge in [0.25, 0.3) is 0 Å². The van der Waals surface area contributed by atoms with Crippen molar-refractivity contribution in [1.82, 2.24) is 10.9 Å². The molecule has 2 fully saturated rings. The maximum atomic E-state index is 12.6. The van der Waals surface area contributed by atoms with Crippen LogP contribution < -0.4 is 10.9 Å². The van der Waals surface area contributed by atoms with Gasteiger partial charge in [0.2, 0.25) is 0 Å². The summed E-state index contributed by atoms with van der Waals surface area (Å²) in [5, 5.41) is 8.46. The van der Waals surface area contributed by atoms with Crippen LogP contribution in [-0.2, 0) is 0 Å². The molecule has 7 nitrogen and oxygen atoms in total. The molecule has 0 radical (unpaired) electrons. The van der Waals surface area contributed by atoms with Crippen LogP contribution in [0.1, 0.15) is 133 Å². The van der Waals surface area contributed by atoms with Gasteiger partial charge in [-0.3, -0.25) is 9.59 Å². The highest BCUT2D eigenvalue weighted by Gasteiger charge is 2.18. The topological polar surface area (TPSA) is 96.1 Å². The Labute approximate surface area is 242 Å². The van der Waals surface area contributed by atoms with E-state index in [2.05, 4.69) is 69.6 Å². The number of carbonyl (C=O) groups is 2. The maximum Gasteiger partial charge on any atom is 0.307 e. The molecule has 2 N–H and O–H groups in total. The van der Waals surface area contributed by atoms with Gasteiger partial charge in [-0.05, 0) is 85.8 Å². The van der Waals surface area contributed by atoms with Gasteiger partial charge < -0.3 is 4.42 Å². The van der Waals surface area contributed by atoms with Crippen molar-refractivity contribution in [1.29, 1.82) is 0 Å². The van der Waals surface area contributed by atoms with E-state index in [4.69, 9.17) is 4.42 Å². The van der Waals surface area contributed by atoms with E-state index in [1.54, 1.807) is 0 Å². The summed E-state index contributed by atoms with van der Waals surface area (Å²) in [4.78, 5) is 25.2. The van der Waals surface area contributed by atoms with Crippen LogP contribution in [0.5, 0.6) is 0 Å². The van der Waals surface area contributed by atoms with E-state index in [-0.39, 0.29) is 11.5 Å². The highest BCUT2D eigenvalue weighted by molar-refractivity contribution is 6.02. The Morgan fingerprint density at radius 1 is 0.585 bits per heavy atom. The minimum absolute atomic E-state index is 0.00153. The first-order valence-electron chi connectivity index (χ1n) is 15.0. The molecule has 0 atom stereocenters. The Morgan fingerprint density at radius 3 is 1.32 bits per heavy atom. The van der Waals surface area contributed by atoms with E-state index < -0.39 is 11.8 Å². The van der Waals surface area contributed by atoms with Crippen LogP contribution in [0.2, 0.25) is 0 Å². The number of hydrogen-bond acceptors (Lipinski definition) is 5. The van der Waals surface area contributed by atoms with Gasteiger partial charge >= 0.3 is 11.8 Å². The van der Waals surface area contributed by atoms with Gasteiger partial charge in [0.15, 0.2) is 11.5 Å². The molecular weight excluding hydrogens is 512 g/mol. The van der Waals surface area contributed by atoms with Gasteiger partial charge in [0, 0.05) is 0 Å². The number of carbonyl (C=O) groups excluding carboxylic acids is 2. The fourth-order valence-electron chi connectivity index (χ4n) is 5.96. The summed E-state index contributed by atoms with van der Waals surface area (Å²) >= 11 is 0. The molecule has 2 amide bonds. The third-order valence-corrected chi connectivity index (χ3v) is 8.51. The number of hydrazone groups is 2. The molecule has 1 heterocycles. The smallest absolute Gasteiger partial charge is 0.307 e. The highest BCUT2D eigenvalue weighted by Crippen LogP contribution is 2.33. The summed E-state index contributed by atoms with van der Waals surface area (Å²) in [6.07, 6.45) is 12.9. The second-order valence-corrected chi connectivity index (χ2v) is 11.4. The van der Waals surface area contributed by atoms with Gasteiger partial charge in [0.05, 0.1) is 11.4 Å². The van der Waals surface area contributed by atoms with Crippen LogP contribution in [0.25, 0.3) is 0 Å². The van der Waals surface area contributed by atoms with E-state index in [1.807, 2.05) is 13.8 Å². The van der Waals surface area contributed by atoms with Crippen molar-refractivity contribution in [2.45, 2.75) is 89.9 Å². The van der Waals surface area contributed by atoms with Crippen molar-refractivity contribution in [3.63, 3.8) is 0 Å². The molecule has 5 rings (SSSR count). The van der Waals surface area contributed by atoms with E-state index in [9.17, 15) is 9.59 Å². The summed E-state index contributed by atoms with van der Waals surface area (Å²) in [5.74, 6) is 0.232. The van der Waals surface area contributed by atoms with Crippen LogP contribution in [0.15, 0.2) is 75.3 Å². The molecule has 2 aromatic carbocycles. The molecule has 0 spiro atoms. The average molecular weight is 553 g/mol. The predicted molar refractivity (Wildman–Crippen MR) is 163 cm³/mol. The Balaban J connectivity index is 1.13. The molecule has 2 saturated carbocycles. The van der Waals surface area contributed by atoms with Crippen LogP contribution >= 0.6 is 0 Å². The summed E-state index contributed by atoms with van der Waals surface area (Å²) in [7, 11) is 0. The molecule has 3 aromatic rings. The quantitative estimate of drug-likeness (QED) is 0.222. The lowest BCUT2D eigenvalue weighted by molar-refractivity contribution is 0.0902. The number of furan rings is 1. The van der Waals surface area contributed by atoms with Crippen LogP contribution in [-0.4, -0.2) is 23.2 Å². The van der Waals surface area contributed by atoms with Gasteiger partial charge in [-0.2, -0.15) is 10.2 Å². The van der Waals surface area contributed by atoms with E-state index in [1.165, 1.54) is 87.5 Å². The Morgan fingerprint density at radius 2 is 0.951 bits per heavy atom. The number of nitrogens with zero attached hydrogens (tertiary/aromatic N) is 2. The van der Waals surface area contributed by atoms with Crippen LogP contribution in [0.3, 0.4) is 0 Å². The molecule has 0 bridgehead atoms. The molecule has 1 aromatic heterocycles. The molecule has 0 saturated heterocycles. The molecule has 214 valence electrons. The van der Waals surface area contributed by atoms with Crippen molar-refractivity contribution >= 4 is 23.2 Å². The third-order valence-electron chi connectivity index (χ3n) is 8.51. The number of nitrogens with one attached hydrogen (secondary N) is 2. The molecule has 2 aliphatic carbocycles. The molecule has 2 aliphatic rings. The van der Waals surface area contributed by atoms with Crippen LogP contribution in [0.4, 0.5) is 0 Å². The monoisotopic (exact) mass is 552 g/mol. The summed E-state index contributed by atoms with van der Waals surface area (Å²) < 4.78 is 5.49. The maximum absolute atomic E-state index is 12.6. The lowest BCUT2D eigenvalue weighted by Gasteiger charge is -2.22. The fourth-order valence-corrected chi connectivity index (χ4v) is 5.96. The zero-order valence-corrected chi connectivity index (χ0v) is 24.1. The number of hydrogen-bond donors (Lipinski definition) is 2. The van der Waals surface area contributed by atoms with Gasteiger partial charge in [-0.15, -0.1) is 0 Å². The summed E-state index contributed by atoms with van der Waals surface area (Å²) in [6.45, 7) is 3.70.